The van der Waals surface area contributed by atoms with Crippen LogP contribution in [0.4, 0.5) is 5.82 Å². The Labute approximate surface area is 113 Å². The number of hydrazine groups is 1. The summed E-state index contributed by atoms with van der Waals surface area (Å²) in [4.78, 5) is 8.79. The van der Waals surface area contributed by atoms with Gasteiger partial charge in [-0.25, -0.2) is 24.2 Å². The van der Waals surface area contributed by atoms with Crippen molar-refractivity contribution in [3.63, 3.8) is 0 Å². The molecule has 1 fully saturated rings. The molecule has 19 heavy (non-hydrogen) atoms. The SMILES string of the molecule is CC(C)Cc1cc(NN)nc(C2CCS(=O)(=O)C2)n1. The van der Waals surface area contributed by atoms with E-state index in [4.69, 9.17) is 5.84 Å². The number of anilines is 1. The Kier molecular flexibility index (Phi) is 4.05. The van der Waals surface area contributed by atoms with Crippen molar-refractivity contribution >= 4 is 15.7 Å². The fourth-order valence-electron chi connectivity index (χ4n) is 2.30. The second-order valence-electron chi connectivity index (χ2n) is 5.44. The van der Waals surface area contributed by atoms with Crippen molar-refractivity contribution in [2.24, 2.45) is 11.8 Å². The molecular formula is C12H20N4O2S. The van der Waals surface area contributed by atoms with Crippen molar-refractivity contribution in [2.75, 3.05) is 16.9 Å². The maximum absolute atomic E-state index is 11.5. The van der Waals surface area contributed by atoms with E-state index in [0.29, 0.717) is 24.0 Å². The maximum Gasteiger partial charge on any atom is 0.151 e. The van der Waals surface area contributed by atoms with Crippen molar-refractivity contribution in [3.8, 4) is 0 Å². The van der Waals surface area contributed by atoms with E-state index < -0.39 is 9.84 Å². The van der Waals surface area contributed by atoms with Gasteiger partial charge in [0.25, 0.3) is 0 Å². The van der Waals surface area contributed by atoms with E-state index in [-0.39, 0.29) is 17.4 Å². The minimum atomic E-state index is -2.93. The lowest BCUT2D eigenvalue weighted by atomic mass is 10.1. The number of rotatable bonds is 4. The first kappa shape index (κ1) is 14.2. The molecule has 1 unspecified atom stereocenters. The van der Waals surface area contributed by atoms with Crippen LogP contribution in [0, 0.1) is 5.92 Å². The van der Waals surface area contributed by atoms with Gasteiger partial charge in [-0.15, -0.1) is 0 Å². The minimum Gasteiger partial charge on any atom is -0.308 e. The summed E-state index contributed by atoms with van der Waals surface area (Å²) in [5.41, 5.74) is 3.42. The maximum atomic E-state index is 11.5. The molecule has 1 aromatic heterocycles. The van der Waals surface area contributed by atoms with Crippen LogP contribution in [0.15, 0.2) is 6.07 Å². The quantitative estimate of drug-likeness (QED) is 0.628. The number of sulfone groups is 1. The standard InChI is InChI=1S/C12H20N4O2S/c1-8(2)5-10-6-11(16-13)15-12(14-10)9-3-4-19(17,18)7-9/h6,8-9H,3-5,7,13H2,1-2H3,(H,14,15,16). The molecular weight excluding hydrogens is 264 g/mol. The van der Waals surface area contributed by atoms with Gasteiger partial charge in [0.2, 0.25) is 0 Å². The minimum absolute atomic E-state index is 0.107. The average molecular weight is 284 g/mol. The molecule has 2 rings (SSSR count). The number of nitrogens with two attached hydrogens (primary N) is 1. The van der Waals surface area contributed by atoms with Crippen molar-refractivity contribution in [2.45, 2.75) is 32.6 Å². The molecule has 1 saturated heterocycles. The Morgan fingerprint density at radius 1 is 1.47 bits per heavy atom. The van der Waals surface area contributed by atoms with Crippen LogP contribution >= 0.6 is 0 Å². The third-order valence-corrected chi connectivity index (χ3v) is 4.93. The summed E-state index contributed by atoms with van der Waals surface area (Å²) in [7, 11) is -2.93. The summed E-state index contributed by atoms with van der Waals surface area (Å²) in [6.45, 7) is 4.22. The second kappa shape index (κ2) is 5.42. The molecule has 2 heterocycles. The molecule has 0 amide bonds. The highest BCUT2D eigenvalue weighted by Crippen LogP contribution is 2.27. The van der Waals surface area contributed by atoms with E-state index in [1.54, 1.807) is 0 Å². The van der Waals surface area contributed by atoms with Gasteiger partial charge in [-0.3, -0.25) is 0 Å². The predicted octanol–water partition coefficient (Wildman–Crippen LogP) is 0.863. The van der Waals surface area contributed by atoms with Gasteiger partial charge in [-0.2, -0.15) is 0 Å². The summed E-state index contributed by atoms with van der Waals surface area (Å²) in [5.74, 6) is 7.28. The average Bonchev–Trinajstić information content (AvgIpc) is 2.68. The largest absolute Gasteiger partial charge is 0.308 e. The van der Waals surface area contributed by atoms with Crippen LogP contribution < -0.4 is 11.3 Å². The van der Waals surface area contributed by atoms with Gasteiger partial charge in [0.05, 0.1) is 11.5 Å². The molecule has 1 atom stereocenters. The van der Waals surface area contributed by atoms with Crippen LogP contribution in [-0.4, -0.2) is 29.9 Å². The van der Waals surface area contributed by atoms with E-state index in [2.05, 4.69) is 29.2 Å². The summed E-state index contributed by atoms with van der Waals surface area (Å²) in [6, 6.07) is 1.81. The number of aromatic nitrogens is 2. The zero-order valence-electron chi connectivity index (χ0n) is 11.3. The van der Waals surface area contributed by atoms with Crippen molar-refractivity contribution in [1.82, 2.24) is 9.97 Å². The normalized spacial score (nSPS) is 21.8. The number of nitrogens with zero attached hydrogens (tertiary/aromatic N) is 2. The lowest BCUT2D eigenvalue weighted by Crippen LogP contribution is -2.15. The first-order valence-corrected chi connectivity index (χ1v) is 8.26. The van der Waals surface area contributed by atoms with E-state index in [9.17, 15) is 8.42 Å². The number of nitrogens with one attached hydrogen (secondary N) is 1. The summed E-state index contributed by atoms with van der Waals surface area (Å²) < 4.78 is 23.1. The van der Waals surface area contributed by atoms with E-state index in [0.717, 1.165) is 12.1 Å². The first-order valence-electron chi connectivity index (χ1n) is 6.44. The molecule has 0 aromatic carbocycles. The highest BCUT2D eigenvalue weighted by molar-refractivity contribution is 7.91. The Hall–Kier alpha value is -1.21. The molecule has 0 spiro atoms. The van der Waals surface area contributed by atoms with Crippen LogP contribution in [0.3, 0.4) is 0 Å². The molecule has 1 aliphatic rings. The predicted molar refractivity (Wildman–Crippen MR) is 74.4 cm³/mol. The number of nitrogen functional groups attached to an aromatic ring is 1. The summed E-state index contributed by atoms with van der Waals surface area (Å²) >= 11 is 0. The highest BCUT2D eigenvalue weighted by atomic mass is 32.2. The van der Waals surface area contributed by atoms with Gasteiger partial charge in [0.1, 0.15) is 11.6 Å². The summed E-state index contributed by atoms with van der Waals surface area (Å²) in [5, 5.41) is 0. The number of hydrogen-bond donors (Lipinski definition) is 2. The van der Waals surface area contributed by atoms with Gasteiger partial charge < -0.3 is 5.43 Å². The van der Waals surface area contributed by atoms with Crippen LogP contribution in [0.25, 0.3) is 0 Å². The molecule has 1 aliphatic heterocycles. The molecule has 1 aromatic rings. The Morgan fingerprint density at radius 3 is 2.74 bits per heavy atom. The molecule has 7 heteroatoms. The van der Waals surface area contributed by atoms with Gasteiger partial charge >= 0.3 is 0 Å². The highest BCUT2D eigenvalue weighted by Gasteiger charge is 2.31. The Morgan fingerprint density at radius 2 is 2.21 bits per heavy atom. The van der Waals surface area contributed by atoms with Crippen molar-refractivity contribution < 1.29 is 8.42 Å². The van der Waals surface area contributed by atoms with Gasteiger partial charge in [0.15, 0.2) is 9.84 Å². The molecule has 6 nitrogen and oxygen atoms in total. The van der Waals surface area contributed by atoms with Crippen LogP contribution in [-0.2, 0) is 16.3 Å². The molecule has 0 saturated carbocycles. The lowest BCUT2D eigenvalue weighted by molar-refractivity contribution is 0.600. The zero-order chi connectivity index (χ0) is 14.0. The van der Waals surface area contributed by atoms with Gasteiger partial charge in [0, 0.05) is 17.7 Å². The van der Waals surface area contributed by atoms with Crippen LogP contribution in [0.5, 0.6) is 0 Å². The van der Waals surface area contributed by atoms with E-state index in [1.807, 2.05) is 6.07 Å². The lowest BCUT2D eigenvalue weighted by Gasteiger charge is -2.12. The Bertz CT molecular complexity index is 557. The first-order chi connectivity index (χ1) is 8.89. The summed E-state index contributed by atoms with van der Waals surface area (Å²) in [6.07, 6.45) is 1.42. The Balaban J connectivity index is 2.29. The third-order valence-electron chi connectivity index (χ3n) is 3.16. The fraction of sp³-hybridized carbons (Fsp3) is 0.667. The molecule has 0 aliphatic carbocycles. The number of hydrogen-bond acceptors (Lipinski definition) is 6. The fourth-order valence-corrected chi connectivity index (χ4v) is 4.04. The van der Waals surface area contributed by atoms with Crippen molar-refractivity contribution in [1.29, 1.82) is 0 Å². The van der Waals surface area contributed by atoms with Gasteiger partial charge in [-0.05, 0) is 18.8 Å². The molecule has 0 radical (unpaired) electrons. The topological polar surface area (TPSA) is 98.0 Å². The van der Waals surface area contributed by atoms with Crippen LogP contribution in [0.2, 0.25) is 0 Å². The second-order valence-corrected chi connectivity index (χ2v) is 7.67. The van der Waals surface area contributed by atoms with Crippen LogP contribution in [0.1, 0.15) is 37.7 Å². The molecule has 106 valence electrons. The van der Waals surface area contributed by atoms with Gasteiger partial charge in [-0.1, -0.05) is 13.8 Å². The monoisotopic (exact) mass is 284 g/mol. The molecule has 0 bridgehead atoms. The smallest absolute Gasteiger partial charge is 0.151 e. The third kappa shape index (κ3) is 3.63. The van der Waals surface area contributed by atoms with E-state index >= 15 is 0 Å². The van der Waals surface area contributed by atoms with E-state index in [1.165, 1.54) is 0 Å². The zero-order valence-corrected chi connectivity index (χ0v) is 12.1. The van der Waals surface area contributed by atoms with Crippen molar-refractivity contribution in [3.05, 3.63) is 17.6 Å². The molecule has 3 N–H and O–H groups in total.